The zero-order chi connectivity index (χ0) is 24.2. The molecule has 4 unspecified atom stereocenters. The van der Waals surface area contributed by atoms with E-state index in [1.165, 1.54) is 7.11 Å². The Hall–Kier alpha value is -2.03. The monoisotopic (exact) mass is 472 g/mol. The number of piperazine rings is 1. The first-order valence-electron chi connectivity index (χ1n) is 12.7. The quantitative estimate of drug-likeness (QED) is 0.535. The molecule has 0 aromatic carbocycles. The molecule has 4 atom stereocenters. The Balaban J connectivity index is 1.35. The van der Waals surface area contributed by atoms with Crippen LogP contribution >= 0.6 is 0 Å². The number of hydrogen-bond donors (Lipinski definition) is 0. The number of rotatable bonds is 8. The summed E-state index contributed by atoms with van der Waals surface area (Å²) in [5.41, 5.74) is 4.82. The number of methoxy groups -OCH3 is 1. The molecular formula is C26H40N4O4. The van der Waals surface area contributed by atoms with E-state index in [9.17, 15) is 4.79 Å². The van der Waals surface area contributed by atoms with Gasteiger partial charge in [0.1, 0.15) is 0 Å². The Labute approximate surface area is 203 Å². The third-order valence-corrected chi connectivity index (χ3v) is 7.72. The Morgan fingerprint density at radius 2 is 1.76 bits per heavy atom. The van der Waals surface area contributed by atoms with E-state index < -0.39 is 0 Å². The van der Waals surface area contributed by atoms with Gasteiger partial charge in [-0.1, -0.05) is 6.92 Å². The minimum Gasteiger partial charge on any atom is -0.472 e. The van der Waals surface area contributed by atoms with Crippen molar-refractivity contribution in [3.8, 4) is 0 Å². The molecule has 2 aliphatic heterocycles. The molecule has 34 heavy (non-hydrogen) atoms. The van der Waals surface area contributed by atoms with Crippen LogP contribution < -0.4 is 0 Å². The van der Waals surface area contributed by atoms with Gasteiger partial charge in [-0.3, -0.25) is 14.9 Å². The van der Waals surface area contributed by atoms with Gasteiger partial charge in [-0.25, -0.2) is 4.79 Å². The van der Waals surface area contributed by atoms with Crippen molar-refractivity contribution in [3.63, 3.8) is 0 Å². The van der Waals surface area contributed by atoms with Crippen molar-refractivity contribution in [2.75, 3.05) is 46.4 Å². The van der Waals surface area contributed by atoms with E-state index >= 15 is 0 Å². The molecule has 1 aromatic rings. The molecule has 1 saturated heterocycles. The second-order valence-corrected chi connectivity index (χ2v) is 9.96. The number of carbonyl (C=O) groups is 1. The topological polar surface area (TPSA) is 77.0 Å². The van der Waals surface area contributed by atoms with Crippen molar-refractivity contribution in [3.05, 3.63) is 34.6 Å². The minimum absolute atomic E-state index is 0.153. The van der Waals surface area contributed by atoms with Gasteiger partial charge in [-0.15, -0.1) is 0 Å². The average Bonchev–Trinajstić information content (AvgIpc) is 3.25. The maximum atomic E-state index is 12.3. The summed E-state index contributed by atoms with van der Waals surface area (Å²) in [6.07, 6.45) is 4.32. The molecule has 0 amide bonds. The van der Waals surface area contributed by atoms with E-state index in [1.54, 1.807) is 6.26 Å². The number of carbonyl (C=O) groups excluding carboxylic acids is 1. The maximum Gasteiger partial charge on any atom is 0.337 e. The standard InChI is InChI=1S/C26H40N4O4/c1-6-13-33-26-24-20(7-8-21(24)22(16-34-26)25(31)32-5)14-29-9-11-30(12-10-29)15-23-19(4)27-17(2)18(3)28-23/h16,20-21,24,26H,6-15H2,1-5H3. The molecular weight excluding hydrogens is 432 g/mol. The molecule has 3 heterocycles. The van der Waals surface area contributed by atoms with Crippen LogP contribution in [0.2, 0.25) is 0 Å². The molecule has 188 valence electrons. The summed E-state index contributed by atoms with van der Waals surface area (Å²) in [6, 6.07) is 0. The first-order chi connectivity index (χ1) is 16.4. The highest BCUT2D eigenvalue weighted by Crippen LogP contribution is 2.47. The first kappa shape index (κ1) is 25.1. The van der Waals surface area contributed by atoms with E-state index in [1.807, 2.05) is 13.8 Å². The van der Waals surface area contributed by atoms with Crippen molar-refractivity contribution >= 4 is 5.97 Å². The summed E-state index contributed by atoms with van der Waals surface area (Å²) >= 11 is 0. The van der Waals surface area contributed by atoms with Crippen molar-refractivity contribution in [2.24, 2.45) is 17.8 Å². The van der Waals surface area contributed by atoms with E-state index in [4.69, 9.17) is 19.2 Å². The number of ether oxygens (including phenoxy) is 3. The van der Waals surface area contributed by atoms with Crippen LogP contribution in [0.25, 0.3) is 0 Å². The van der Waals surface area contributed by atoms with Crippen LogP contribution in [-0.4, -0.2) is 78.5 Å². The molecule has 0 spiro atoms. The lowest BCUT2D eigenvalue weighted by Crippen LogP contribution is -2.49. The van der Waals surface area contributed by atoms with E-state index in [2.05, 4.69) is 28.6 Å². The fraction of sp³-hybridized carbons (Fsp3) is 0.731. The van der Waals surface area contributed by atoms with Crippen LogP contribution in [0.3, 0.4) is 0 Å². The van der Waals surface area contributed by atoms with Crippen LogP contribution in [0, 0.1) is 38.5 Å². The third-order valence-electron chi connectivity index (χ3n) is 7.72. The van der Waals surface area contributed by atoms with Crippen LogP contribution in [0.15, 0.2) is 11.8 Å². The number of aryl methyl sites for hydroxylation is 3. The molecule has 0 bridgehead atoms. The second kappa shape index (κ2) is 11.1. The lowest BCUT2D eigenvalue weighted by Gasteiger charge is -2.40. The molecule has 0 N–H and O–H groups in total. The van der Waals surface area contributed by atoms with Gasteiger partial charge in [-0.2, -0.15) is 0 Å². The SMILES string of the molecule is CCCOC1OC=C(C(=O)OC)C2CCC(CN3CCN(Cc4nc(C)c(C)nc4C)CC3)C12. The smallest absolute Gasteiger partial charge is 0.337 e. The van der Waals surface area contributed by atoms with Gasteiger partial charge in [0.2, 0.25) is 6.29 Å². The Morgan fingerprint density at radius 3 is 2.47 bits per heavy atom. The predicted molar refractivity (Wildman–Crippen MR) is 129 cm³/mol. The van der Waals surface area contributed by atoms with Crippen LogP contribution in [-0.2, 0) is 25.5 Å². The highest BCUT2D eigenvalue weighted by atomic mass is 16.7. The van der Waals surface area contributed by atoms with E-state index in [0.29, 0.717) is 18.1 Å². The largest absolute Gasteiger partial charge is 0.472 e. The lowest BCUT2D eigenvalue weighted by molar-refractivity contribution is -0.169. The fourth-order valence-electron chi connectivity index (χ4n) is 5.70. The van der Waals surface area contributed by atoms with Crippen molar-refractivity contribution in [1.29, 1.82) is 0 Å². The number of fused-ring (bicyclic) bond motifs is 1. The summed E-state index contributed by atoms with van der Waals surface area (Å²) < 4.78 is 17.0. The third kappa shape index (κ3) is 5.44. The van der Waals surface area contributed by atoms with Crippen LogP contribution in [0.1, 0.15) is 49.0 Å². The average molecular weight is 473 g/mol. The van der Waals surface area contributed by atoms with Crippen molar-refractivity contribution < 1.29 is 19.0 Å². The van der Waals surface area contributed by atoms with Gasteiger partial charge in [0.15, 0.2) is 0 Å². The molecule has 4 rings (SSSR count). The zero-order valence-electron chi connectivity index (χ0n) is 21.4. The number of hydrogen-bond acceptors (Lipinski definition) is 8. The number of nitrogens with zero attached hydrogens (tertiary/aromatic N) is 4. The number of esters is 1. The molecule has 8 heteroatoms. The van der Waals surface area contributed by atoms with Crippen molar-refractivity contribution in [1.82, 2.24) is 19.8 Å². The van der Waals surface area contributed by atoms with E-state index in [0.717, 1.165) is 81.3 Å². The summed E-state index contributed by atoms with van der Waals surface area (Å²) in [5.74, 6) is 0.514. The Morgan fingerprint density at radius 1 is 1.06 bits per heavy atom. The summed E-state index contributed by atoms with van der Waals surface area (Å²) in [6.45, 7) is 14.9. The van der Waals surface area contributed by atoms with Gasteiger partial charge in [-0.05, 0) is 46.0 Å². The maximum absolute atomic E-state index is 12.3. The second-order valence-electron chi connectivity index (χ2n) is 9.96. The molecule has 1 aliphatic carbocycles. The molecule has 1 aromatic heterocycles. The van der Waals surface area contributed by atoms with Gasteiger partial charge in [0.05, 0.1) is 48.3 Å². The summed E-state index contributed by atoms with van der Waals surface area (Å²) in [5, 5.41) is 0. The fourth-order valence-corrected chi connectivity index (χ4v) is 5.70. The van der Waals surface area contributed by atoms with Gasteiger partial charge < -0.3 is 19.1 Å². The first-order valence-corrected chi connectivity index (χ1v) is 12.7. The van der Waals surface area contributed by atoms with Crippen LogP contribution in [0.5, 0.6) is 0 Å². The molecule has 1 saturated carbocycles. The molecule has 2 fully saturated rings. The van der Waals surface area contributed by atoms with Gasteiger partial charge >= 0.3 is 5.97 Å². The predicted octanol–water partition coefficient (Wildman–Crippen LogP) is 3.00. The van der Waals surface area contributed by atoms with Crippen molar-refractivity contribution in [2.45, 2.75) is 59.8 Å². The summed E-state index contributed by atoms with van der Waals surface area (Å²) in [7, 11) is 1.44. The molecule has 0 radical (unpaired) electrons. The molecule has 3 aliphatic rings. The number of aromatic nitrogens is 2. The zero-order valence-corrected chi connectivity index (χ0v) is 21.4. The minimum atomic E-state index is -0.279. The summed E-state index contributed by atoms with van der Waals surface area (Å²) in [4.78, 5) is 26.8. The highest BCUT2D eigenvalue weighted by Gasteiger charge is 2.48. The highest BCUT2D eigenvalue weighted by molar-refractivity contribution is 5.89. The lowest BCUT2D eigenvalue weighted by atomic mass is 9.82. The van der Waals surface area contributed by atoms with E-state index in [-0.39, 0.29) is 24.1 Å². The normalized spacial score (nSPS) is 27.7. The van der Waals surface area contributed by atoms with Gasteiger partial charge in [0.25, 0.3) is 0 Å². The molecule has 8 nitrogen and oxygen atoms in total. The van der Waals surface area contributed by atoms with Crippen LogP contribution in [0.4, 0.5) is 0 Å². The van der Waals surface area contributed by atoms with Gasteiger partial charge in [0, 0.05) is 51.1 Å². The Bertz CT molecular complexity index is 897. The Kier molecular flexibility index (Phi) is 8.22.